The van der Waals surface area contributed by atoms with Gasteiger partial charge in [-0.25, -0.2) is 4.79 Å². The number of thiophene rings is 1. The standard InChI is InChI=1S/C21H24N2O2S2/c1-5-6-17-18(20(24)25-4)19(15-9-10-27-12-15)22-21(26)23(17)16-8-7-13(2)14(3)11-16/h7-12,19H,5-6H2,1-4H3,(H,22,26). The molecule has 6 heteroatoms. The first-order valence-electron chi connectivity index (χ1n) is 8.99. The summed E-state index contributed by atoms with van der Waals surface area (Å²) in [4.78, 5) is 14.8. The van der Waals surface area contributed by atoms with Gasteiger partial charge in [0.2, 0.25) is 0 Å². The molecule has 1 aliphatic rings. The summed E-state index contributed by atoms with van der Waals surface area (Å²) in [7, 11) is 1.43. The van der Waals surface area contributed by atoms with E-state index in [1.54, 1.807) is 11.3 Å². The van der Waals surface area contributed by atoms with E-state index in [1.165, 1.54) is 18.2 Å². The van der Waals surface area contributed by atoms with Gasteiger partial charge >= 0.3 is 5.97 Å². The number of aryl methyl sites for hydroxylation is 2. The Morgan fingerprint density at radius 2 is 2.07 bits per heavy atom. The van der Waals surface area contributed by atoms with Crippen LogP contribution in [0.4, 0.5) is 5.69 Å². The maximum atomic E-state index is 12.8. The number of anilines is 1. The lowest BCUT2D eigenvalue weighted by molar-refractivity contribution is -0.136. The number of hydrogen-bond acceptors (Lipinski definition) is 4. The van der Waals surface area contributed by atoms with Crippen LogP contribution in [0.3, 0.4) is 0 Å². The summed E-state index contributed by atoms with van der Waals surface area (Å²) in [6.07, 6.45) is 1.63. The highest BCUT2D eigenvalue weighted by molar-refractivity contribution is 7.80. The van der Waals surface area contributed by atoms with Crippen molar-refractivity contribution in [3.05, 3.63) is 63.0 Å². The van der Waals surface area contributed by atoms with Crippen LogP contribution in [0.2, 0.25) is 0 Å². The first-order chi connectivity index (χ1) is 13.0. The first kappa shape index (κ1) is 19.6. The monoisotopic (exact) mass is 400 g/mol. The van der Waals surface area contributed by atoms with Crippen molar-refractivity contribution < 1.29 is 9.53 Å². The van der Waals surface area contributed by atoms with Crippen molar-refractivity contribution in [1.29, 1.82) is 0 Å². The smallest absolute Gasteiger partial charge is 0.337 e. The van der Waals surface area contributed by atoms with Gasteiger partial charge in [0.15, 0.2) is 5.11 Å². The fourth-order valence-electron chi connectivity index (χ4n) is 3.33. The Labute approximate surface area is 169 Å². The van der Waals surface area contributed by atoms with Gasteiger partial charge in [0.25, 0.3) is 0 Å². The van der Waals surface area contributed by atoms with E-state index >= 15 is 0 Å². The van der Waals surface area contributed by atoms with Gasteiger partial charge in [-0.2, -0.15) is 11.3 Å². The molecule has 1 aromatic carbocycles. The lowest BCUT2D eigenvalue weighted by atomic mass is 9.94. The summed E-state index contributed by atoms with van der Waals surface area (Å²) in [5, 5.41) is 8.01. The minimum absolute atomic E-state index is 0.291. The molecule has 4 nitrogen and oxygen atoms in total. The molecule has 0 radical (unpaired) electrons. The van der Waals surface area contributed by atoms with Crippen molar-refractivity contribution >= 4 is 40.3 Å². The van der Waals surface area contributed by atoms with E-state index < -0.39 is 0 Å². The minimum Gasteiger partial charge on any atom is -0.466 e. The maximum Gasteiger partial charge on any atom is 0.337 e. The minimum atomic E-state index is -0.321. The number of benzene rings is 1. The predicted molar refractivity (Wildman–Crippen MR) is 115 cm³/mol. The van der Waals surface area contributed by atoms with Gasteiger partial charge in [0.05, 0.1) is 18.7 Å². The van der Waals surface area contributed by atoms with E-state index in [9.17, 15) is 4.79 Å². The van der Waals surface area contributed by atoms with Crippen LogP contribution >= 0.6 is 23.6 Å². The molecule has 2 aromatic rings. The summed E-state index contributed by atoms with van der Waals surface area (Å²) >= 11 is 7.33. The largest absolute Gasteiger partial charge is 0.466 e. The van der Waals surface area contributed by atoms with Gasteiger partial charge in [-0.15, -0.1) is 0 Å². The Kier molecular flexibility index (Phi) is 5.97. The lowest BCUT2D eigenvalue weighted by Crippen LogP contribution is -2.48. The van der Waals surface area contributed by atoms with E-state index in [0.717, 1.165) is 29.8 Å². The molecular formula is C21H24N2O2S2. The van der Waals surface area contributed by atoms with Crippen LogP contribution in [-0.2, 0) is 9.53 Å². The topological polar surface area (TPSA) is 41.6 Å². The Balaban J connectivity index is 2.20. The van der Waals surface area contributed by atoms with Gasteiger partial charge in [-0.05, 0) is 78.1 Å². The number of hydrogen-bond donors (Lipinski definition) is 1. The molecule has 0 saturated carbocycles. The Morgan fingerprint density at radius 1 is 1.30 bits per heavy atom. The van der Waals surface area contributed by atoms with Crippen LogP contribution in [0, 0.1) is 13.8 Å². The van der Waals surface area contributed by atoms with Crippen molar-refractivity contribution in [2.45, 2.75) is 39.7 Å². The number of thiocarbonyl (C=S) groups is 1. The van der Waals surface area contributed by atoms with Crippen LogP contribution in [0.1, 0.15) is 42.5 Å². The summed E-state index contributed by atoms with van der Waals surface area (Å²) in [6, 6.07) is 7.97. The highest BCUT2D eigenvalue weighted by Crippen LogP contribution is 2.37. The summed E-state index contributed by atoms with van der Waals surface area (Å²) < 4.78 is 5.15. The Morgan fingerprint density at radius 3 is 2.67 bits per heavy atom. The number of nitrogens with one attached hydrogen (secondary N) is 1. The molecule has 2 heterocycles. The zero-order valence-corrected chi connectivity index (χ0v) is 17.7. The molecule has 1 N–H and O–H groups in total. The average molecular weight is 401 g/mol. The number of carbonyl (C=O) groups is 1. The highest BCUT2D eigenvalue weighted by atomic mass is 32.1. The van der Waals surface area contributed by atoms with Gasteiger partial charge < -0.3 is 10.1 Å². The predicted octanol–water partition coefficient (Wildman–Crippen LogP) is 5.03. The van der Waals surface area contributed by atoms with Crippen molar-refractivity contribution in [1.82, 2.24) is 5.32 Å². The Bertz CT molecular complexity index is 888. The van der Waals surface area contributed by atoms with Crippen LogP contribution in [-0.4, -0.2) is 18.2 Å². The second kappa shape index (κ2) is 8.23. The molecule has 142 valence electrons. The molecule has 0 spiro atoms. The zero-order valence-electron chi connectivity index (χ0n) is 16.0. The summed E-state index contributed by atoms with van der Waals surface area (Å²) in [5.74, 6) is -0.321. The van der Waals surface area contributed by atoms with Gasteiger partial charge in [-0.1, -0.05) is 19.4 Å². The van der Waals surface area contributed by atoms with E-state index in [1.807, 2.05) is 27.8 Å². The normalized spacial score (nSPS) is 17.1. The molecule has 1 aliphatic heterocycles. The molecule has 0 fully saturated rings. The van der Waals surface area contributed by atoms with E-state index in [-0.39, 0.29) is 12.0 Å². The quantitative estimate of drug-likeness (QED) is 0.563. The number of ether oxygens (including phenoxy) is 1. The van der Waals surface area contributed by atoms with Crippen molar-refractivity contribution in [2.24, 2.45) is 0 Å². The second-order valence-corrected chi connectivity index (χ2v) is 7.81. The van der Waals surface area contributed by atoms with Gasteiger partial charge in [0.1, 0.15) is 0 Å². The number of esters is 1. The molecule has 0 bridgehead atoms. The summed E-state index contributed by atoms with van der Waals surface area (Å²) in [6.45, 7) is 6.27. The van der Waals surface area contributed by atoms with Crippen molar-refractivity contribution in [3.8, 4) is 0 Å². The fourth-order valence-corrected chi connectivity index (χ4v) is 4.35. The van der Waals surface area contributed by atoms with Gasteiger partial charge in [0, 0.05) is 11.4 Å². The average Bonchev–Trinajstić information content (AvgIpc) is 3.18. The summed E-state index contributed by atoms with van der Waals surface area (Å²) in [5.41, 5.74) is 5.93. The molecule has 1 unspecified atom stereocenters. The third-order valence-electron chi connectivity index (χ3n) is 4.86. The second-order valence-electron chi connectivity index (χ2n) is 6.65. The number of rotatable bonds is 5. The number of carbonyl (C=O) groups excluding carboxylic acids is 1. The van der Waals surface area contributed by atoms with Gasteiger partial charge in [-0.3, -0.25) is 4.90 Å². The van der Waals surface area contributed by atoms with Crippen molar-refractivity contribution in [3.63, 3.8) is 0 Å². The third kappa shape index (κ3) is 3.77. The molecular weight excluding hydrogens is 376 g/mol. The van der Waals surface area contributed by atoms with Crippen LogP contribution in [0.15, 0.2) is 46.3 Å². The Hall–Kier alpha value is -2.18. The molecule has 0 amide bonds. The zero-order chi connectivity index (χ0) is 19.6. The number of nitrogens with zero attached hydrogens (tertiary/aromatic N) is 1. The third-order valence-corrected chi connectivity index (χ3v) is 5.86. The number of methoxy groups -OCH3 is 1. The molecule has 0 aliphatic carbocycles. The van der Waals surface area contributed by atoms with Crippen LogP contribution in [0.25, 0.3) is 0 Å². The highest BCUT2D eigenvalue weighted by Gasteiger charge is 2.36. The molecule has 1 aromatic heterocycles. The van der Waals surface area contributed by atoms with E-state index in [2.05, 4.69) is 38.2 Å². The van der Waals surface area contributed by atoms with Crippen LogP contribution in [0.5, 0.6) is 0 Å². The van der Waals surface area contributed by atoms with E-state index in [4.69, 9.17) is 17.0 Å². The molecule has 1 atom stereocenters. The molecule has 0 saturated heterocycles. The van der Waals surface area contributed by atoms with Crippen LogP contribution < -0.4 is 10.2 Å². The first-order valence-corrected chi connectivity index (χ1v) is 10.3. The maximum absolute atomic E-state index is 12.8. The van der Waals surface area contributed by atoms with E-state index in [0.29, 0.717) is 10.7 Å². The molecule has 3 rings (SSSR count). The fraction of sp³-hybridized carbons (Fsp3) is 0.333. The van der Waals surface area contributed by atoms with Crippen molar-refractivity contribution in [2.75, 3.05) is 12.0 Å². The SMILES string of the molecule is CCCC1=C(C(=O)OC)C(c2ccsc2)NC(=S)N1c1ccc(C)c(C)c1. The lowest BCUT2D eigenvalue weighted by Gasteiger charge is -2.38. The number of allylic oxidation sites excluding steroid dienone is 1. The molecule has 27 heavy (non-hydrogen) atoms.